The van der Waals surface area contributed by atoms with Gasteiger partial charge in [-0.15, -0.1) is 0 Å². The van der Waals surface area contributed by atoms with Gasteiger partial charge in [-0.3, -0.25) is 4.79 Å². The molecule has 4 nitrogen and oxygen atoms in total. The molecule has 0 aliphatic heterocycles. The van der Waals surface area contributed by atoms with Crippen LogP contribution in [0.25, 0.3) is 0 Å². The fourth-order valence-corrected chi connectivity index (χ4v) is 1.62. The van der Waals surface area contributed by atoms with Gasteiger partial charge in [0.15, 0.2) is 6.61 Å². The lowest BCUT2D eigenvalue weighted by Crippen LogP contribution is -2.30. The molecule has 1 aromatic rings. The third kappa shape index (κ3) is 4.04. The highest BCUT2D eigenvalue weighted by Gasteiger charge is 2.21. The molecule has 0 heterocycles. The largest absolute Gasteiger partial charge is 0.484 e. The van der Waals surface area contributed by atoms with E-state index in [9.17, 15) is 9.90 Å². The molecular weight excluding hydrogens is 230 g/mol. The van der Waals surface area contributed by atoms with E-state index in [0.29, 0.717) is 11.7 Å². The van der Waals surface area contributed by atoms with Crippen LogP contribution in [-0.4, -0.2) is 24.2 Å². The molecule has 98 valence electrons. The highest BCUT2D eigenvalue weighted by atomic mass is 16.5. The molecular formula is C14H19NO3. The second-order valence-corrected chi connectivity index (χ2v) is 4.78. The van der Waals surface area contributed by atoms with Gasteiger partial charge < -0.3 is 15.2 Å². The quantitative estimate of drug-likeness (QED) is 0.806. The summed E-state index contributed by atoms with van der Waals surface area (Å²) in [5.74, 6) is 1.24. The summed E-state index contributed by atoms with van der Waals surface area (Å²) < 4.78 is 5.36. The van der Waals surface area contributed by atoms with Crippen LogP contribution in [0, 0.1) is 5.92 Å². The van der Waals surface area contributed by atoms with Crippen molar-refractivity contribution in [1.29, 1.82) is 0 Å². The van der Waals surface area contributed by atoms with Crippen molar-refractivity contribution in [3.8, 4) is 5.75 Å². The first-order valence-electron chi connectivity index (χ1n) is 6.32. The second kappa shape index (κ2) is 5.87. The number of nitrogens with one attached hydrogen (secondary N) is 1. The molecule has 18 heavy (non-hydrogen) atoms. The fraction of sp³-hybridized carbons (Fsp3) is 0.500. The zero-order valence-corrected chi connectivity index (χ0v) is 10.6. The van der Waals surface area contributed by atoms with E-state index in [2.05, 4.69) is 5.32 Å². The molecule has 1 atom stereocenters. The third-order valence-corrected chi connectivity index (χ3v) is 3.02. The highest BCUT2D eigenvalue weighted by Crippen LogP contribution is 2.27. The Bertz CT molecular complexity index is 396. The number of rotatable bonds is 6. The van der Waals surface area contributed by atoms with Crippen molar-refractivity contribution in [3.63, 3.8) is 0 Å². The molecule has 0 aromatic heterocycles. The highest BCUT2D eigenvalue weighted by molar-refractivity contribution is 5.77. The van der Waals surface area contributed by atoms with Gasteiger partial charge in [-0.2, -0.15) is 0 Å². The Labute approximate surface area is 107 Å². The number of aliphatic hydroxyl groups is 1. The van der Waals surface area contributed by atoms with Gasteiger partial charge in [-0.05, 0) is 43.4 Å². The summed E-state index contributed by atoms with van der Waals surface area (Å²) in [5, 5.41) is 12.2. The molecule has 1 fully saturated rings. The minimum absolute atomic E-state index is 0.0424. The maximum atomic E-state index is 11.4. The van der Waals surface area contributed by atoms with Crippen LogP contribution >= 0.6 is 0 Å². The molecule has 0 bridgehead atoms. The number of hydrogen-bond acceptors (Lipinski definition) is 3. The number of ether oxygens (including phenoxy) is 1. The van der Waals surface area contributed by atoms with Crippen molar-refractivity contribution in [2.24, 2.45) is 5.92 Å². The Morgan fingerprint density at radius 2 is 2.11 bits per heavy atom. The van der Waals surface area contributed by atoms with Gasteiger partial charge in [0.05, 0.1) is 6.10 Å². The molecule has 4 heteroatoms. The van der Waals surface area contributed by atoms with Crippen molar-refractivity contribution in [1.82, 2.24) is 5.32 Å². The first-order valence-corrected chi connectivity index (χ1v) is 6.32. The van der Waals surface area contributed by atoms with E-state index >= 15 is 0 Å². The number of benzene rings is 1. The standard InChI is InChI=1S/C14H19NO3/c1-10(16)12-4-6-13(7-5-12)18-9-14(17)15-8-11-2-3-11/h4-7,10-11,16H,2-3,8-9H2,1H3,(H,15,17)/t10-/m1/s1. The van der Waals surface area contributed by atoms with Crippen LogP contribution < -0.4 is 10.1 Å². The Morgan fingerprint density at radius 3 is 2.67 bits per heavy atom. The summed E-state index contributed by atoms with van der Waals surface area (Å²) in [5.41, 5.74) is 0.834. The molecule has 0 radical (unpaired) electrons. The van der Waals surface area contributed by atoms with Crippen molar-refractivity contribution < 1.29 is 14.6 Å². The lowest BCUT2D eigenvalue weighted by Gasteiger charge is -2.08. The number of hydrogen-bond donors (Lipinski definition) is 2. The maximum Gasteiger partial charge on any atom is 0.257 e. The zero-order valence-electron chi connectivity index (χ0n) is 10.6. The third-order valence-electron chi connectivity index (χ3n) is 3.02. The fourth-order valence-electron chi connectivity index (χ4n) is 1.62. The summed E-state index contributed by atoms with van der Waals surface area (Å²) in [6, 6.07) is 7.11. The molecule has 1 amide bonds. The molecule has 1 aromatic carbocycles. The molecule has 0 saturated heterocycles. The Kier molecular flexibility index (Phi) is 4.20. The number of aliphatic hydroxyl groups excluding tert-OH is 1. The van der Waals surface area contributed by atoms with E-state index in [1.807, 2.05) is 0 Å². The van der Waals surface area contributed by atoms with Gasteiger partial charge in [0.1, 0.15) is 5.75 Å². The average Bonchev–Trinajstić information content (AvgIpc) is 3.18. The van der Waals surface area contributed by atoms with Crippen molar-refractivity contribution in [3.05, 3.63) is 29.8 Å². The normalized spacial score (nSPS) is 16.1. The minimum atomic E-state index is -0.485. The van der Waals surface area contributed by atoms with E-state index in [-0.39, 0.29) is 12.5 Å². The van der Waals surface area contributed by atoms with Crippen LogP contribution in [0.15, 0.2) is 24.3 Å². The molecule has 0 spiro atoms. The van der Waals surface area contributed by atoms with E-state index in [4.69, 9.17) is 4.74 Å². The zero-order chi connectivity index (χ0) is 13.0. The molecule has 2 rings (SSSR count). The van der Waals surface area contributed by atoms with Gasteiger partial charge in [0, 0.05) is 6.54 Å². The smallest absolute Gasteiger partial charge is 0.257 e. The summed E-state index contributed by atoms with van der Waals surface area (Å²) in [7, 11) is 0. The summed E-state index contributed by atoms with van der Waals surface area (Å²) in [4.78, 5) is 11.4. The lowest BCUT2D eigenvalue weighted by atomic mass is 10.1. The molecule has 2 N–H and O–H groups in total. The average molecular weight is 249 g/mol. The SMILES string of the molecule is C[C@@H](O)c1ccc(OCC(=O)NCC2CC2)cc1. The molecule has 1 saturated carbocycles. The first kappa shape index (κ1) is 12.9. The van der Waals surface area contributed by atoms with Gasteiger partial charge in [0.25, 0.3) is 5.91 Å². The van der Waals surface area contributed by atoms with E-state index in [1.165, 1.54) is 12.8 Å². The topological polar surface area (TPSA) is 58.6 Å². The maximum absolute atomic E-state index is 11.4. The van der Waals surface area contributed by atoms with Gasteiger partial charge in [-0.25, -0.2) is 0 Å². The van der Waals surface area contributed by atoms with E-state index in [0.717, 1.165) is 12.1 Å². The second-order valence-electron chi connectivity index (χ2n) is 4.78. The first-order chi connectivity index (χ1) is 8.65. The van der Waals surface area contributed by atoms with Crippen molar-refractivity contribution in [2.45, 2.75) is 25.9 Å². The van der Waals surface area contributed by atoms with E-state index in [1.54, 1.807) is 31.2 Å². The van der Waals surface area contributed by atoms with Crippen molar-refractivity contribution >= 4 is 5.91 Å². The van der Waals surface area contributed by atoms with E-state index < -0.39 is 6.10 Å². The Balaban J connectivity index is 1.73. The number of carbonyl (C=O) groups is 1. The predicted molar refractivity (Wildman–Crippen MR) is 68.3 cm³/mol. The lowest BCUT2D eigenvalue weighted by molar-refractivity contribution is -0.123. The van der Waals surface area contributed by atoms with Gasteiger partial charge >= 0.3 is 0 Å². The van der Waals surface area contributed by atoms with Crippen LogP contribution in [0.1, 0.15) is 31.4 Å². The number of amides is 1. The van der Waals surface area contributed by atoms with Gasteiger partial charge in [-0.1, -0.05) is 12.1 Å². The summed E-state index contributed by atoms with van der Waals surface area (Å²) in [6.07, 6.45) is 1.96. The molecule has 1 aliphatic carbocycles. The minimum Gasteiger partial charge on any atom is -0.484 e. The van der Waals surface area contributed by atoms with Crippen LogP contribution in [-0.2, 0) is 4.79 Å². The molecule has 1 aliphatic rings. The van der Waals surface area contributed by atoms with Gasteiger partial charge in [0.2, 0.25) is 0 Å². The van der Waals surface area contributed by atoms with Crippen LogP contribution in [0.5, 0.6) is 5.75 Å². The predicted octanol–water partition coefficient (Wildman–Crippen LogP) is 1.64. The summed E-state index contributed by atoms with van der Waals surface area (Å²) >= 11 is 0. The Morgan fingerprint density at radius 1 is 1.44 bits per heavy atom. The Hall–Kier alpha value is -1.55. The van der Waals surface area contributed by atoms with Crippen LogP contribution in [0.3, 0.4) is 0 Å². The van der Waals surface area contributed by atoms with Crippen molar-refractivity contribution in [2.75, 3.05) is 13.2 Å². The van der Waals surface area contributed by atoms with Crippen LogP contribution in [0.4, 0.5) is 0 Å². The summed E-state index contributed by atoms with van der Waals surface area (Å²) in [6.45, 7) is 2.52. The monoisotopic (exact) mass is 249 g/mol. The van der Waals surface area contributed by atoms with Crippen LogP contribution in [0.2, 0.25) is 0 Å². The molecule has 0 unspecified atom stereocenters. The number of carbonyl (C=O) groups excluding carboxylic acids is 1.